The van der Waals surface area contributed by atoms with Crippen molar-refractivity contribution in [2.24, 2.45) is 0 Å². The van der Waals surface area contributed by atoms with Crippen LogP contribution in [0.3, 0.4) is 0 Å². The average molecular weight is 398 g/mol. The van der Waals surface area contributed by atoms with E-state index in [9.17, 15) is 29.8 Å². The molecule has 0 bridgehead atoms. The zero-order chi connectivity index (χ0) is 18.3. The highest BCUT2D eigenvalue weighted by atomic mass is 32.2. The number of rotatable bonds is 4. The third kappa shape index (κ3) is 3.84. The highest BCUT2D eigenvalue weighted by molar-refractivity contribution is 7.86. The second-order valence-corrected chi connectivity index (χ2v) is 8.66. The summed E-state index contributed by atoms with van der Waals surface area (Å²) in [5, 5.41) is 0. The van der Waals surface area contributed by atoms with Gasteiger partial charge in [0.05, 0.1) is 10.8 Å². The Kier molecular flexibility index (Phi) is 4.88. The molecular weight excluding hydrogens is 390 g/mol. The van der Waals surface area contributed by atoms with E-state index in [-0.39, 0.29) is 9.79 Å². The maximum Gasteiger partial charge on any atom is 0.297 e. The molecule has 0 aliphatic carbocycles. The molecule has 24 heavy (non-hydrogen) atoms. The first-order chi connectivity index (χ1) is 10.9. The molecule has 2 rings (SSSR count). The van der Waals surface area contributed by atoms with Crippen LogP contribution in [0.1, 0.15) is 0 Å². The minimum Gasteiger partial charge on any atom is -0.282 e. The average Bonchev–Trinajstić information content (AvgIpc) is 2.45. The maximum absolute atomic E-state index is 13.4. The van der Waals surface area contributed by atoms with Gasteiger partial charge in [-0.25, -0.2) is 13.0 Å². The number of benzene rings is 2. The number of hydrogen-bond donors (Lipinski definition) is 2. The largest absolute Gasteiger partial charge is 0.297 e. The summed E-state index contributed by atoms with van der Waals surface area (Å²) in [6.45, 7) is 0. The first-order valence-corrected chi connectivity index (χ1v) is 9.90. The first kappa shape index (κ1) is 18.6. The lowest BCUT2D eigenvalue weighted by atomic mass is 10.3. The second kappa shape index (κ2) is 6.29. The fourth-order valence-corrected chi connectivity index (χ4v) is 4.16. The van der Waals surface area contributed by atoms with Crippen LogP contribution < -0.4 is 0 Å². The molecule has 0 saturated carbocycles. The van der Waals surface area contributed by atoms with Gasteiger partial charge in [-0.2, -0.15) is 16.8 Å². The summed E-state index contributed by atoms with van der Waals surface area (Å²) < 4.78 is 101. The Bertz CT molecular complexity index is 963. The van der Waals surface area contributed by atoms with Crippen LogP contribution in [0.2, 0.25) is 0 Å². The van der Waals surface area contributed by atoms with Crippen molar-refractivity contribution in [3.8, 4) is 0 Å². The standard InChI is InChI=1S/C12H8F2O7S3/c13-9-3-1-7(5-11(9)23(16,17)18)22(15)8-2-4-10(14)12(6-8)24(19,20)21/h1-6H,(H,16,17,18)(H,19,20,21). The smallest absolute Gasteiger partial charge is 0.282 e. The quantitative estimate of drug-likeness (QED) is 0.750. The van der Waals surface area contributed by atoms with Gasteiger partial charge in [0, 0.05) is 9.79 Å². The fraction of sp³-hybridized carbons (Fsp3) is 0. The molecule has 2 N–H and O–H groups in total. The van der Waals surface area contributed by atoms with Gasteiger partial charge in [0.25, 0.3) is 20.2 Å². The van der Waals surface area contributed by atoms with E-state index in [4.69, 9.17) is 9.11 Å². The molecule has 0 amide bonds. The Morgan fingerprint density at radius 3 is 1.38 bits per heavy atom. The van der Waals surface area contributed by atoms with E-state index < -0.39 is 52.5 Å². The molecule has 0 unspecified atom stereocenters. The lowest BCUT2D eigenvalue weighted by molar-refractivity contribution is 0.470. The van der Waals surface area contributed by atoms with E-state index in [0.717, 1.165) is 12.1 Å². The van der Waals surface area contributed by atoms with Gasteiger partial charge in [-0.1, -0.05) is 0 Å². The van der Waals surface area contributed by atoms with Crippen LogP contribution >= 0.6 is 0 Å². The molecule has 0 aliphatic rings. The van der Waals surface area contributed by atoms with Crippen LogP contribution in [0.4, 0.5) is 8.78 Å². The van der Waals surface area contributed by atoms with Gasteiger partial charge in [-0.3, -0.25) is 9.11 Å². The highest BCUT2D eigenvalue weighted by Gasteiger charge is 2.21. The minimum absolute atomic E-state index is 0.295. The lowest BCUT2D eigenvalue weighted by Crippen LogP contribution is -2.05. The van der Waals surface area contributed by atoms with Gasteiger partial charge in [0.1, 0.15) is 21.4 Å². The normalized spacial score (nSPS) is 12.5. The van der Waals surface area contributed by atoms with Crippen molar-refractivity contribution in [2.75, 3.05) is 0 Å². The summed E-state index contributed by atoms with van der Waals surface area (Å²) in [4.78, 5) is -2.83. The van der Waals surface area contributed by atoms with Crippen LogP contribution in [0, 0.1) is 11.6 Å². The molecule has 7 nitrogen and oxygen atoms in total. The Hall–Kier alpha value is -1.73. The molecule has 0 heterocycles. The summed E-state index contributed by atoms with van der Waals surface area (Å²) in [7, 11) is -12.1. The zero-order valence-electron chi connectivity index (χ0n) is 11.4. The van der Waals surface area contributed by atoms with Gasteiger partial charge >= 0.3 is 0 Å². The molecule has 0 saturated heterocycles. The van der Waals surface area contributed by atoms with Gasteiger partial charge in [-0.15, -0.1) is 0 Å². The lowest BCUT2D eigenvalue weighted by Gasteiger charge is -2.07. The van der Waals surface area contributed by atoms with Gasteiger partial charge in [0.15, 0.2) is 0 Å². The van der Waals surface area contributed by atoms with Crippen LogP contribution in [0.15, 0.2) is 56.0 Å². The van der Waals surface area contributed by atoms with E-state index in [0.29, 0.717) is 24.3 Å². The van der Waals surface area contributed by atoms with Crippen LogP contribution in [-0.4, -0.2) is 30.1 Å². The molecule has 0 radical (unpaired) electrons. The molecular formula is C12H8F2O7S3. The van der Waals surface area contributed by atoms with Gasteiger partial charge < -0.3 is 0 Å². The van der Waals surface area contributed by atoms with E-state index >= 15 is 0 Å². The fourth-order valence-electron chi connectivity index (χ4n) is 1.73. The molecule has 12 heteroatoms. The maximum atomic E-state index is 13.4. The predicted octanol–water partition coefficient (Wildman–Crippen LogP) is 1.62. The Morgan fingerprint density at radius 2 is 1.08 bits per heavy atom. The van der Waals surface area contributed by atoms with Crippen molar-refractivity contribution in [1.29, 1.82) is 0 Å². The monoisotopic (exact) mass is 398 g/mol. The van der Waals surface area contributed by atoms with E-state index in [1.54, 1.807) is 0 Å². The van der Waals surface area contributed by atoms with Gasteiger partial charge in [-0.05, 0) is 36.4 Å². The van der Waals surface area contributed by atoms with Crippen LogP contribution in [-0.2, 0) is 31.0 Å². The zero-order valence-corrected chi connectivity index (χ0v) is 13.8. The van der Waals surface area contributed by atoms with Crippen molar-refractivity contribution in [3.05, 3.63) is 48.0 Å². The molecule has 0 fully saturated rings. The summed E-state index contributed by atoms with van der Waals surface area (Å²) >= 11 is 0. The highest BCUT2D eigenvalue weighted by Crippen LogP contribution is 2.25. The summed E-state index contributed by atoms with van der Waals surface area (Å²) in [6.07, 6.45) is 0. The number of hydrogen-bond acceptors (Lipinski definition) is 5. The molecule has 0 atom stereocenters. The molecule has 130 valence electrons. The first-order valence-electron chi connectivity index (χ1n) is 5.87. The summed E-state index contributed by atoms with van der Waals surface area (Å²) in [6, 6.07) is 4.36. The summed E-state index contributed by atoms with van der Waals surface area (Å²) in [5.74, 6) is -2.56. The Balaban J connectivity index is 2.59. The van der Waals surface area contributed by atoms with Crippen molar-refractivity contribution >= 4 is 31.0 Å². The predicted molar refractivity (Wildman–Crippen MR) is 77.1 cm³/mol. The van der Waals surface area contributed by atoms with Crippen molar-refractivity contribution in [3.63, 3.8) is 0 Å². The molecule has 0 spiro atoms. The third-order valence-electron chi connectivity index (χ3n) is 2.79. The van der Waals surface area contributed by atoms with Crippen LogP contribution in [0.5, 0.6) is 0 Å². The third-order valence-corrected chi connectivity index (χ3v) is 5.89. The summed E-state index contributed by atoms with van der Waals surface area (Å²) in [5.41, 5.74) is 0. The molecule has 0 aromatic heterocycles. The topological polar surface area (TPSA) is 126 Å². The minimum atomic E-state index is -4.92. The molecule has 2 aromatic rings. The van der Waals surface area contributed by atoms with Crippen molar-refractivity contribution in [1.82, 2.24) is 0 Å². The van der Waals surface area contributed by atoms with Crippen molar-refractivity contribution < 1.29 is 38.9 Å². The van der Waals surface area contributed by atoms with Gasteiger partial charge in [0.2, 0.25) is 0 Å². The van der Waals surface area contributed by atoms with E-state index in [1.165, 1.54) is 0 Å². The van der Waals surface area contributed by atoms with E-state index in [1.807, 2.05) is 0 Å². The Labute approximate surface area is 137 Å². The molecule has 2 aromatic carbocycles. The van der Waals surface area contributed by atoms with Crippen LogP contribution in [0.25, 0.3) is 0 Å². The SMILES string of the molecule is O=S(c1ccc(F)c(S(=O)(=O)O)c1)c1ccc(F)c(S(=O)(=O)O)c1. The Morgan fingerprint density at radius 1 is 0.750 bits per heavy atom. The van der Waals surface area contributed by atoms with E-state index in [2.05, 4.69) is 0 Å². The second-order valence-electron chi connectivity index (χ2n) is 4.40. The molecule has 0 aliphatic heterocycles. The van der Waals surface area contributed by atoms with Crippen molar-refractivity contribution in [2.45, 2.75) is 19.6 Å². The number of halogens is 2.